The number of ether oxygens (including phenoxy) is 6. The molecule has 0 radical (unpaired) electrons. The van der Waals surface area contributed by atoms with Gasteiger partial charge in [-0.25, -0.2) is 14.4 Å². The van der Waals surface area contributed by atoms with Crippen molar-refractivity contribution in [1.29, 1.82) is 0 Å². The standard InChI is InChI=1S/C21H32O9/c1-5-18(22)27-13-11-25-10-9-21(8-4,30-16-15-29-20(24)7-3)17-26-12-14-28-19(23)6-2/h5-7H,1-3,8-17H2,4H3. The number of carbonyl (C=O) groups excluding carboxylic acids is 3. The van der Waals surface area contributed by atoms with Gasteiger partial charge in [-0.2, -0.15) is 0 Å². The second-order valence-electron chi connectivity index (χ2n) is 5.91. The lowest BCUT2D eigenvalue weighted by atomic mass is 9.97. The summed E-state index contributed by atoms with van der Waals surface area (Å²) in [5.41, 5.74) is -0.694. The second kappa shape index (κ2) is 17.4. The fraction of sp³-hybridized carbons (Fsp3) is 0.571. The van der Waals surface area contributed by atoms with E-state index >= 15 is 0 Å². The monoisotopic (exact) mass is 428 g/mol. The van der Waals surface area contributed by atoms with Gasteiger partial charge in [-0.1, -0.05) is 26.7 Å². The highest BCUT2D eigenvalue weighted by Gasteiger charge is 2.29. The van der Waals surface area contributed by atoms with Gasteiger partial charge in [-0.3, -0.25) is 0 Å². The van der Waals surface area contributed by atoms with Crippen LogP contribution in [0, 0.1) is 0 Å². The highest BCUT2D eigenvalue weighted by atomic mass is 16.6. The van der Waals surface area contributed by atoms with Crippen LogP contribution in [0.4, 0.5) is 0 Å². The Balaban J connectivity index is 4.50. The van der Waals surface area contributed by atoms with Crippen LogP contribution in [-0.4, -0.2) is 76.4 Å². The fourth-order valence-corrected chi connectivity index (χ4v) is 2.16. The number of hydrogen-bond acceptors (Lipinski definition) is 9. The molecule has 30 heavy (non-hydrogen) atoms. The molecule has 0 aliphatic heterocycles. The lowest BCUT2D eigenvalue weighted by Crippen LogP contribution is -2.40. The quantitative estimate of drug-likeness (QED) is 0.132. The van der Waals surface area contributed by atoms with Crippen molar-refractivity contribution in [3.05, 3.63) is 38.0 Å². The van der Waals surface area contributed by atoms with Gasteiger partial charge in [0.05, 0.1) is 32.0 Å². The maximum Gasteiger partial charge on any atom is 0.330 e. The third kappa shape index (κ3) is 13.6. The maximum atomic E-state index is 11.1. The molecule has 1 atom stereocenters. The Bertz CT molecular complexity index is 559. The molecule has 0 bridgehead atoms. The number of esters is 3. The van der Waals surface area contributed by atoms with Crippen molar-refractivity contribution in [1.82, 2.24) is 0 Å². The molecule has 0 saturated heterocycles. The minimum absolute atomic E-state index is 0.0713. The van der Waals surface area contributed by atoms with E-state index in [0.29, 0.717) is 19.4 Å². The molecule has 0 rings (SSSR count). The highest BCUT2D eigenvalue weighted by molar-refractivity contribution is 5.81. The summed E-state index contributed by atoms with van der Waals surface area (Å²) >= 11 is 0. The predicted molar refractivity (Wildman–Crippen MR) is 109 cm³/mol. The predicted octanol–water partition coefficient (Wildman–Crippen LogP) is 1.76. The zero-order valence-electron chi connectivity index (χ0n) is 17.6. The summed E-state index contributed by atoms with van der Waals surface area (Å²) in [4.78, 5) is 33.2. The molecule has 0 aromatic heterocycles. The van der Waals surface area contributed by atoms with E-state index in [4.69, 9.17) is 28.4 Å². The van der Waals surface area contributed by atoms with Crippen LogP contribution in [0.1, 0.15) is 19.8 Å². The minimum atomic E-state index is -0.694. The van der Waals surface area contributed by atoms with Crippen LogP contribution in [0.15, 0.2) is 38.0 Å². The van der Waals surface area contributed by atoms with E-state index in [1.54, 1.807) is 0 Å². The number of carbonyl (C=O) groups is 3. The van der Waals surface area contributed by atoms with Crippen molar-refractivity contribution >= 4 is 17.9 Å². The lowest BCUT2D eigenvalue weighted by molar-refractivity contribution is -0.151. The molecule has 9 nitrogen and oxygen atoms in total. The van der Waals surface area contributed by atoms with E-state index in [2.05, 4.69) is 19.7 Å². The largest absolute Gasteiger partial charge is 0.460 e. The van der Waals surface area contributed by atoms with Gasteiger partial charge in [0.15, 0.2) is 0 Å². The first-order valence-corrected chi connectivity index (χ1v) is 9.60. The van der Waals surface area contributed by atoms with Crippen LogP contribution in [0.25, 0.3) is 0 Å². The summed E-state index contributed by atoms with van der Waals surface area (Å²) in [6, 6.07) is 0. The fourth-order valence-electron chi connectivity index (χ4n) is 2.16. The zero-order chi connectivity index (χ0) is 22.7. The summed E-state index contributed by atoms with van der Waals surface area (Å²) in [6.45, 7) is 13.3. The molecule has 0 aromatic carbocycles. The molecule has 0 fully saturated rings. The van der Waals surface area contributed by atoms with Crippen molar-refractivity contribution in [3.63, 3.8) is 0 Å². The van der Waals surface area contributed by atoms with E-state index in [1.165, 1.54) is 0 Å². The van der Waals surface area contributed by atoms with E-state index in [1.807, 2.05) is 6.92 Å². The van der Waals surface area contributed by atoms with Crippen molar-refractivity contribution in [2.45, 2.75) is 25.4 Å². The smallest absolute Gasteiger partial charge is 0.330 e. The van der Waals surface area contributed by atoms with Gasteiger partial charge >= 0.3 is 17.9 Å². The van der Waals surface area contributed by atoms with Crippen LogP contribution < -0.4 is 0 Å². The van der Waals surface area contributed by atoms with Crippen molar-refractivity contribution < 1.29 is 42.8 Å². The number of hydrogen-bond donors (Lipinski definition) is 0. The van der Waals surface area contributed by atoms with Crippen molar-refractivity contribution in [3.8, 4) is 0 Å². The molecule has 0 amide bonds. The lowest BCUT2D eigenvalue weighted by Gasteiger charge is -2.32. The van der Waals surface area contributed by atoms with E-state index in [-0.39, 0.29) is 46.2 Å². The van der Waals surface area contributed by atoms with Gasteiger partial charge in [0.25, 0.3) is 0 Å². The average molecular weight is 428 g/mol. The molecule has 0 aromatic rings. The van der Waals surface area contributed by atoms with Gasteiger partial charge in [-0.05, 0) is 6.42 Å². The van der Waals surface area contributed by atoms with E-state index < -0.39 is 23.5 Å². The van der Waals surface area contributed by atoms with Crippen LogP contribution in [0.2, 0.25) is 0 Å². The van der Waals surface area contributed by atoms with Crippen molar-refractivity contribution in [2.24, 2.45) is 0 Å². The maximum absolute atomic E-state index is 11.1. The molecule has 0 spiro atoms. The molecule has 0 N–H and O–H groups in total. The molecule has 170 valence electrons. The Morgan fingerprint density at radius 3 is 1.63 bits per heavy atom. The van der Waals surface area contributed by atoms with E-state index in [9.17, 15) is 14.4 Å². The van der Waals surface area contributed by atoms with Crippen molar-refractivity contribution in [2.75, 3.05) is 52.9 Å². The Kier molecular flexibility index (Phi) is 15.9. The van der Waals surface area contributed by atoms with Gasteiger partial charge in [0.2, 0.25) is 0 Å². The average Bonchev–Trinajstić information content (AvgIpc) is 2.77. The SMILES string of the molecule is C=CC(=O)OCCOCCC(CC)(COCCOC(=O)C=C)OCCOC(=O)C=C. The molecule has 1 unspecified atom stereocenters. The highest BCUT2D eigenvalue weighted by Crippen LogP contribution is 2.22. The molecule has 9 heteroatoms. The second-order valence-corrected chi connectivity index (χ2v) is 5.91. The summed E-state index contributed by atoms with van der Waals surface area (Å²) in [5, 5.41) is 0. The van der Waals surface area contributed by atoms with Gasteiger partial charge in [-0.15, -0.1) is 0 Å². The number of rotatable bonds is 19. The Hall–Kier alpha value is -2.49. The normalized spacial score (nSPS) is 12.3. The van der Waals surface area contributed by atoms with Crippen LogP contribution in [0.5, 0.6) is 0 Å². The Morgan fingerprint density at radius 1 is 0.700 bits per heavy atom. The van der Waals surface area contributed by atoms with Gasteiger partial charge in [0.1, 0.15) is 19.8 Å². The molecule has 0 saturated carbocycles. The Morgan fingerprint density at radius 2 is 1.17 bits per heavy atom. The van der Waals surface area contributed by atoms with Gasteiger partial charge in [0, 0.05) is 31.3 Å². The van der Waals surface area contributed by atoms with Crippen LogP contribution in [0.3, 0.4) is 0 Å². The van der Waals surface area contributed by atoms with Crippen LogP contribution in [-0.2, 0) is 42.8 Å². The third-order valence-electron chi connectivity index (χ3n) is 3.89. The molecule has 0 heterocycles. The summed E-state index contributed by atoms with van der Waals surface area (Å²) in [6.07, 6.45) is 4.32. The first-order valence-electron chi connectivity index (χ1n) is 9.60. The summed E-state index contributed by atoms with van der Waals surface area (Å²) in [5.74, 6) is -1.56. The van der Waals surface area contributed by atoms with Crippen LogP contribution >= 0.6 is 0 Å². The topological polar surface area (TPSA) is 107 Å². The molecule has 0 aliphatic carbocycles. The molecular weight excluding hydrogens is 396 g/mol. The summed E-state index contributed by atoms with van der Waals surface area (Å²) < 4.78 is 31.7. The first-order chi connectivity index (χ1) is 14.4. The van der Waals surface area contributed by atoms with Gasteiger partial charge < -0.3 is 28.4 Å². The van der Waals surface area contributed by atoms with E-state index in [0.717, 1.165) is 18.2 Å². The summed E-state index contributed by atoms with van der Waals surface area (Å²) in [7, 11) is 0. The first kappa shape index (κ1) is 27.5. The third-order valence-corrected chi connectivity index (χ3v) is 3.89. The minimum Gasteiger partial charge on any atom is -0.460 e. The Labute approximate surface area is 177 Å². The molecular formula is C21H32O9. The zero-order valence-corrected chi connectivity index (χ0v) is 17.6. The molecule has 0 aliphatic rings.